The summed E-state index contributed by atoms with van der Waals surface area (Å²) in [6.07, 6.45) is 1.50. The first kappa shape index (κ1) is 18.0. The van der Waals surface area contributed by atoms with Crippen molar-refractivity contribution in [2.75, 3.05) is 37.8 Å². The standard InChI is InChI=1S/C20H27N3O/c1-16-7-4-5-8-17(16)15-20(24)22-19-11-9-18(10-12-19)21-13-6-14-23(2)3/h4-5,7-12,21H,6,13-15H2,1-3H3,(H,22,24). The largest absolute Gasteiger partial charge is 0.385 e. The Bertz CT molecular complexity index is 650. The molecule has 24 heavy (non-hydrogen) atoms. The van der Waals surface area contributed by atoms with Crippen molar-refractivity contribution in [3.05, 3.63) is 59.7 Å². The zero-order valence-corrected chi connectivity index (χ0v) is 14.8. The Morgan fingerprint density at radius 1 is 1.00 bits per heavy atom. The molecule has 0 aliphatic carbocycles. The Balaban J connectivity index is 1.80. The summed E-state index contributed by atoms with van der Waals surface area (Å²) in [4.78, 5) is 14.3. The second-order valence-corrected chi connectivity index (χ2v) is 6.31. The molecule has 0 radical (unpaired) electrons. The van der Waals surface area contributed by atoms with E-state index in [1.165, 1.54) is 0 Å². The minimum absolute atomic E-state index is 0.0102. The van der Waals surface area contributed by atoms with E-state index >= 15 is 0 Å². The van der Waals surface area contributed by atoms with Gasteiger partial charge >= 0.3 is 0 Å². The van der Waals surface area contributed by atoms with Crippen LogP contribution >= 0.6 is 0 Å². The fraction of sp³-hybridized carbons (Fsp3) is 0.350. The molecule has 4 nitrogen and oxygen atoms in total. The average molecular weight is 325 g/mol. The molecule has 0 fully saturated rings. The van der Waals surface area contributed by atoms with Gasteiger partial charge in [0, 0.05) is 17.9 Å². The van der Waals surface area contributed by atoms with E-state index in [4.69, 9.17) is 0 Å². The lowest BCUT2D eigenvalue weighted by atomic mass is 10.1. The van der Waals surface area contributed by atoms with E-state index in [9.17, 15) is 4.79 Å². The monoisotopic (exact) mass is 325 g/mol. The fourth-order valence-corrected chi connectivity index (χ4v) is 2.49. The Morgan fingerprint density at radius 2 is 1.67 bits per heavy atom. The highest BCUT2D eigenvalue weighted by Gasteiger charge is 2.06. The highest BCUT2D eigenvalue weighted by molar-refractivity contribution is 5.92. The molecule has 2 aromatic rings. The topological polar surface area (TPSA) is 44.4 Å². The number of hydrogen-bond acceptors (Lipinski definition) is 3. The number of carbonyl (C=O) groups excluding carboxylic acids is 1. The first-order valence-electron chi connectivity index (χ1n) is 8.37. The molecular formula is C20H27N3O. The molecule has 128 valence electrons. The van der Waals surface area contributed by atoms with Crippen molar-refractivity contribution >= 4 is 17.3 Å². The van der Waals surface area contributed by atoms with Gasteiger partial charge in [-0.1, -0.05) is 24.3 Å². The lowest BCUT2D eigenvalue weighted by Crippen LogP contribution is -2.16. The van der Waals surface area contributed by atoms with Crippen LogP contribution in [0.2, 0.25) is 0 Å². The van der Waals surface area contributed by atoms with Gasteiger partial charge < -0.3 is 15.5 Å². The van der Waals surface area contributed by atoms with Gasteiger partial charge in [0.1, 0.15) is 0 Å². The third-order valence-corrected chi connectivity index (χ3v) is 3.89. The number of carbonyl (C=O) groups is 1. The fourth-order valence-electron chi connectivity index (χ4n) is 2.49. The molecule has 0 bridgehead atoms. The van der Waals surface area contributed by atoms with E-state index in [1.54, 1.807) is 0 Å². The highest BCUT2D eigenvalue weighted by Crippen LogP contribution is 2.15. The molecule has 0 heterocycles. The lowest BCUT2D eigenvalue weighted by Gasteiger charge is -2.11. The molecule has 0 aliphatic heterocycles. The number of nitrogens with one attached hydrogen (secondary N) is 2. The second-order valence-electron chi connectivity index (χ2n) is 6.31. The molecule has 0 aliphatic rings. The van der Waals surface area contributed by atoms with Crippen LogP contribution in [0.1, 0.15) is 17.5 Å². The third-order valence-electron chi connectivity index (χ3n) is 3.89. The maximum Gasteiger partial charge on any atom is 0.228 e. The number of amides is 1. The normalized spacial score (nSPS) is 10.7. The quantitative estimate of drug-likeness (QED) is 0.730. The number of benzene rings is 2. The molecule has 2 N–H and O–H groups in total. The highest BCUT2D eigenvalue weighted by atomic mass is 16.1. The van der Waals surface area contributed by atoms with Gasteiger partial charge in [-0.05, 0) is 69.4 Å². The molecule has 4 heteroatoms. The predicted molar refractivity (Wildman–Crippen MR) is 102 cm³/mol. The molecule has 0 saturated heterocycles. The third kappa shape index (κ3) is 6.05. The van der Waals surface area contributed by atoms with Gasteiger partial charge in [-0.2, -0.15) is 0 Å². The van der Waals surface area contributed by atoms with Crippen LogP contribution in [0.5, 0.6) is 0 Å². The van der Waals surface area contributed by atoms with Crippen LogP contribution in [0.25, 0.3) is 0 Å². The van der Waals surface area contributed by atoms with Crippen LogP contribution in [-0.4, -0.2) is 38.0 Å². The SMILES string of the molecule is Cc1ccccc1CC(=O)Nc1ccc(NCCCN(C)C)cc1. The van der Waals surface area contributed by atoms with Crippen molar-refractivity contribution in [3.63, 3.8) is 0 Å². The molecule has 0 atom stereocenters. The Labute approximate surface area is 144 Å². The minimum Gasteiger partial charge on any atom is -0.385 e. The van der Waals surface area contributed by atoms with Gasteiger partial charge in [-0.25, -0.2) is 0 Å². The number of aryl methyl sites for hydroxylation is 1. The van der Waals surface area contributed by atoms with Gasteiger partial charge in [-0.15, -0.1) is 0 Å². The molecule has 0 aromatic heterocycles. The molecular weight excluding hydrogens is 298 g/mol. The van der Waals surface area contributed by atoms with E-state index in [1.807, 2.05) is 55.5 Å². The predicted octanol–water partition coefficient (Wildman–Crippen LogP) is 3.54. The number of rotatable bonds is 8. The van der Waals surface area contributed by atoms with Crippen molar-refractivity contribution in [2.45, 2.75) is 19.8 Å². The Kier molecular flexibility index (Phi) is 6.82. The lowest BCUT2D eigenvalue weighted by molar-refractivity contribution is -0.115. The summed E-state index contributed by atoms with van der Waals surface area (Å²) in [5.74, 6) is 0.0102. The van der Waals surface area contributed by atoms with E-state index in [0.717, 1.165) is 42.0 Å². The van der Waals surface area contributed by atoms with Gasteiger partial charge in [0.25, 0.3) is 0 Å². The van der Waals surface area contributed by atoms with E-state index < -0.39 is 0 Å². The average Bonchev–Trinajstić information content (AvgIpc) is 2.55. The minimum atomic E-state index is 0.0102. The summed E-state index contributed by atoms with van der Waals surface area (Å²) < 4.78 is 0. The van der Waals surface area contributed by atoms with Crippen molar-refractivity contribution in [3.8, 4) is 0 Å². The maximum atomic E-state index is 12.2. The molecule has 2 aromatic carbocycles. The summed E-state index contributed by atoms with van der Waals surface area (Å²) in [6, 6.07) is 15.8. The van der Waals surface area contributed by atoms with Crippen LogP contribution in [0, 0.1) is 6.92 Å². The summed E-state index contributed by atoms with van der Waals surface area (Å²) in [7, 11) is 4.16. The number of nitrogens with zero attached hydrogens (tertiary/aromatic N) is 1. The Morgan fingerprint density at radius 3 is 2.33 bits per heavy atom. The summed E-state index contributed by atoms with van der Waals surface area (Å²) in [6.45, 7) is 4.04. The first-order valence-corrected chi connectivity index (χ1v) is 8.37. The van der Waals surface area contributed by atoms with Gasteiger partial charge in [0.15, 0.2) is 0 Å². The maximum absolute atomic E-state index is 12.2. The van der Waals surface area contributed by atoms with Crippen LogP contribution < -0.4 is 10.6 Å². The van der Waals surface area contributed by atoms with Crippen LogP contribution in [0.4, 0.5) is 11.4 Å². The summed E-state index contributed by atoms with van der Waals surface area (Å²) in [5, 5.41) is 6.34. The van der Waals surface area contributed by atoms with E-state index in [2.05, 4.69) is 29.6 Å². The van der Waals surface area contributed by atoms with Crippen LogP contribution in [0.3, 0.4) is 0 Å². The van der Waals surface area contributed by atoms with Gasteiger partial charge in [0.2, 0.25) is 5.91 Å². The van der Waals surface area contributed by atoms with Crippen molar-refractivity contribution < 1.29 is 4.79 Å². The molecule has 1 amide bonds. The second kappa shape index (κ2) is 9.08. The van der Waals surface area contributed by atoms with Crippen LogP contribution in [0.15, 0.2) is 48.5 Å². The molecule has 0 spiro atoms. The van der Waals surface area contributed by atoms with Gasteiger partial charge in [0.05, 0.1) is 6.42 Å². The molecule has 2 rings (SSSR count). The Hall–Kier alpha value is -2.33. The van der Waals surface area contributed by atoms with Crippen LogP contribution in [-0.2, 0) is 11.2 Å². The zero-order chi connectivity index (χ0) is 17.4. The summed E-state index contributed by atoms with van der Waals surface area (Å²) in [5.41, 5.74) is 4.11. The van der Waals surface area contributed by atoms with Crippen molar-refractivity contribution in [2.24, 2.45) is 0 Å². The van der Waals surface area contributed by atoms with E-state index in [0.29, 0.717) is 6.42 Å². The first-order chi connectivity index (χ1) is 11.5. The van der Waals surface area contributed by atoms with Gasteiger partial charge in [-0.3, -0.25) is 4.79 Å². The molecule has 0 unspecified atom stereocenters. The number of anilines is 2. The zero-order valence-electron chi connectivity index (χ0n) is 14.8. The molecule has 0 saturated carbocycles. The van der Waals surface area contributed by atoms with Crippen molar-refractivity contribution in [1.29, 1.82) is 0 Å². The summed E-state index contributed by atoms with van der Waals surface area (Å²) >= 11 is 0. The number of hydrogen-bond donors (Lipinski definition) is 2. The van der Waals surface area contributed by atoms with E-state index in [-0.39, 0.29) is 5.91 Å². The smallest absolute Gasteiger partial charge is 0.228 e. The van der Waals surface area contributed by atoms with Crippen molar-refractivity contribution in [1.82, 2.24) is 4.90 Å².